The smallest absolute Gasteiger partial charge is 0.118 e. The molecule has 0 aliphatic rings. The lowest BCUT2D eigenvalue weighted by atomic mass is 9.98. The minimum Gasteiger partial charge on any atom is -0.508 e. The van der Waals surface area contributed by atoms with Gasteiger partial charge in [0.2, 0.25) is 0 Å². The van der Waals surface area contributed by atoms with Crippen molar-refractivity contribution in [3.63, 3.8) is 0 Å². The Labute approximate surface area is 83.2 Å². The first-order valence-corrected chi connectivity index (χ1v) is 4.76. The molecule has 2 aromatic rings. The van der Waals surface area contributed by atoms with Crippen LogP contribution in [0.4, 0.5) is 0 Å². The number of fused-ring (bicyclic) bond motifs is 1. The van der Waals surface area contributed by atoms with Gasteiger partial charge in [-0.1, -0.05) is 19.9 Å². The van der Waals surface area contributed by atoms with Gasteiger partial charge in [0.05, 0.1) is 5.52 Å². The Hall–Kier alpha value is -1.57. The molecular weight excluding hydrogens is 174 g/mol. The van der Waals surface area contributed by atoms with Crippen LogP contribution in [0.2, 0.25) is 0 Å². The first-order valence-electron chi connectivity index (χ1n) is 4.76. The number of nitrogens with zero attached hydrogens (tertiary/aromatic N) is 1. The molecule has 0 saturated carbocycles. The summed E-state index contributed by atoms with van der Waals surface area (Å²) in [5.74, 6) is 0.689. The van der Waals surface area contributed by atoms with E-state index in [0.717, 1.165) is 16.5 Å². The summed E-state index contributed by atoms with van der Waals surface area (Å²) in [5.41, 5.74) is 2.00. The molecule has 0 radical (unpaired) electrons. The lowest BCUT2D eigenvalue weighted by molar-refractivity contribution is 0.475. The quantitative estimate of drug-likeness (QED) is 0.744. The monoisotopic (exact) mass is 187 g/mol. The summed E-state index contributed by atoms with van der Waals surface area (Å²) in [5, 5.41) is 10.6. The van der Waals surface area contributed by atoms with Gasteiger partial charge in [0.1, 0.15) is 5.75 Å². The van der Waals surface area contributed by atoms with E-state index in [-0.39, 0.29) is 0 Å². The van der Waals surface area contributed by atoms with Gasteiger partial charge in [0.15, 0.2) is 0 Å². The van der Waals surface area contributed by atoms with Crippen LogP contribution in [0.15, 0.2) is 30.5 Å². The largest absolute Gasteiger partial charge is 0.508 e. The highest BCUT2D eigenvalue weighted by molar-refractivity contribution is 5.84. The highest BCUT2D eigenvalue weighted by Crippen LogP contribution is 2.28. The van der Waals surface area contributed by atoms with Crippen molar-refractivity contribution in [3.05, 3.63) is 36.0 Å². The molecule has 1 aromatic heterocycles. The molecule has 0 fully saturated rings. The number of rotatable bonds is 1. The van der Waals surface area contributed by atoms with Crippen molar-refractivity contribution in [1.82, 2.24) is 4.98 Å². The minimum absolute atomic E-state index is 0.292. The summed E-state index contributed by atoms with van der Waals surface area (Å²) >= 11 is 0. The molecule has 0 bridgehead atoms. The van der Waals surface area contributed by atoms with Gasteiger partial charge < -0.3 is 5.11 Å². The Morgan fingerprint density at radius 1 is 1.29 bits per heavy atom. The van der Waals surface area contributed by atoms with Crippen molar-refractivity contribution in [2.45, 2.75) is 19.8 Å². The molecule has 0 saturated heterocycles. The van der Waals surface area contributed by atoms with Crippen molar-refractivity contribution >= 4 is 10.9 Å². The first-order chi connectivity index (χ1) is 6.68. The molecule has 2 heteroatoms. The summed E-state index contributed by atoms with van der Waals surface area (Å²) in [4.78, 5) is 4.23. The van der Waals surface area contributed by atoms with Crippen molar-refractivity contribution in [2.75, 3.05) is 0 Å². The molecule has 0 aliphatic carbocycles. The molecule has 72 valence electrons. The number of hydrogen-bond acceptors (Lipinski definition) is 2. The Morgan fingerprint density at radius 3 is 2.79 bits per heavy atom. The second kappa shape index (κ2) is 3.29. The molecule has 1 aromatic carbocycles. The number of aromatic hydroxyl groups is 1. The van der Waals surface area contributed by atoms with E-state index in [0.29, 0.717) is 11.7 Å². The summed E-state index contributed by atoms with van der Waals surface area (Å²) < 4.78 is 0. The maximum Gasteiger partial charge on any atom is 0.118 e. The predicted octanol–water partition coefficient (Wildman–Crippen LogP) is 3.06. The Morgan fingerprint density at radius 2 is 2.07 bits per heavy atom. The van der Waals surface area contributed by atoms with Crippen LogP contribution in [0, 0.1) is 0 Å². The van der Waals surface area contributed by atoms with Crippen LogP contribution >= 0.6 is 0 Å². The molecule has 0 atom stereocenters. The summed E-state index contributed by atoms with van der Waals surface area (Å²) in [6.07, 6.45) is 1.74. The Bertz CT molecular complexity index is 463. The standard InChI is InChI=1S/C12H13NO/c1-8(2)11-6-9(14)7-12-10(11)4-3-5-13-12/h3-8,14H,1-2H3. The minimum atomic E-state index is 0.292. The van der Waals surface area contributed by atoms with Gasteiger partial charge in [-0.15, -0.1) is 0 Å². The zero-order chi connectivity index (χ0) is 10.1. The number of hydrogen-bond donors (Lipinski definition) is 1. The van der Waals surface area contributed by atoms with Gasteiger partial charge in [-0.2, -0.15) is 0 Å². The van der Waals surface area contributed by atoms with Gasteiger partial charge >= 0.3 is 0 Å². The number of pyridine rings is 1. The van der Waals surface area contributed by atoms with Crippen LogP contribution in [0.25, 0.3) is 10.9 Å². The van der Waals surface area contributed by atoms with Crippen molar-refractivity contribution in [2.24, 2.45) is 0 Å². The lowest BCUT2D eigenvalue weighted by Crippen LogP contribution is -1.90. The van der Waals surface area contributed by atoms with E-state index < -0.39 is 0 Å². The van der Waals surface area contributed by atoms with Gasteiger partial charge in [-0.25, -0.2) is 0 Å². The second-order valence-electron chi connectivity index (χ2n) is 3.76. The fraction of sp³-hybridized carbons (Fsp3) is 0.250. The van der Waals surface area contributed by atoms with Crippen LogP contribution < -0.4 is 0 Å². The maximum absolute atomic E-state index is 9.52. The molecule has 1 N–H and O–H groups in total. The van der Waals surface area contributed by atoms with E-state index in [1.807, 2.05) is 18.2 Å². The van der Waals surface area contributed by atoms with E-state index in [9.17, 15) is 5.11 Å². The first kappa shape index (κ1) is 9.00. The average molecular weight is 187 g/mol. The average Bonchev–Trinajstić information content (AvgIpc) is 2.16. The summed E-state index contributed by atoms with van der Waals surface area (Å²) in [7, 11) is 0. The highest BCUT2D eigenvalue weighted by Gasteiger charge is 2.07. The third-order valence-electron chi connectivity index (χ3n) is 2.36. The van der Waals surface area contributed by atoms with Crippen LogP contribution in [0.5, 0.6) is 5.75 Å². The zero-order valence-electron chi connectivity index (χ0n) is 8.36. The Kier molecular flexibility index (Phi) is 2.12. The Balaban J connectivity index is 2.80. The van der Waals surface area contributed by atoms with E-state index >= 15 is 0 Å². The molecule has 0 spiro atoms. The molecular formula is C12H13NO. The van der Waals surface area contributed by atoms with Gasteiger partial charge in [-0.05, 0) is 23.6 Å². The van der Waals surface area contributed by atoms with Gasteiger partial charge in [0.25, 0.3) is 0 Å². The normalized spacial score (nSPS) is 11.1. The molecule has 2 nitrogen and oxygen atoms in total. The summed E-state index contributed by atoms with van der Waals surface area (Å²) in [6, 6.07) is 7.47. The molecule has 0 amide bonds. The van der Waals surface area contributed by atoms with Crippen LogP contribution in [-0.2, 0) is 0 Å². The van der Waals surface area contributed by atoms with E-state index in [4.69, 9.17) is 0 Å². The number of phenols is 1. The predicted molar refractivity (Wildman–Crippen MR) is 57.5 cm³/mol. The third-order valence-corrected chi connectivity index (χ3v) is 2.36. The van der Waals surface area contributed by atoms with Crippen LogP contribution in [-0.4, -0.2) is 10.1 Å². The van der Waals surface area contributed by atoms with E-state index in [2.05, 4.69) is 18.8 Å². The fourth-order valence-electron chi connectivity index (χ4n) is 1.67. The lowest BCUT2D eigenvalue weighted by Gasteiger charge is -2.09. The van der Waals surface area contributed by atoms with Gasteiger partial charge in [0, 0.05) is 17.6 Å². The van der Waals surface area contributed by atoms with E-state index in [1.165, 1.54) is 0 Å². The molecule has 0 unspecified atom stereocenters. The molecule has 1 heterocycles. The summed E-state index contributed by atoms with van der Waals surface area (Å²) in [6.45, 7) is 4.22. The van der Waals surface area contributed by atoms with Crippen LogP contribution in [0.3, 0.4) is 0 Å². The van der Waals surface area contributed by atoms with Crippen LogP contribution in [0.1, 0.15) is 25.3 Å². The van der Waals surface area contributed by atoms with Crippen molar-refractivity contribution in [1.29, 1.82) is 0 Å². The molecule has 0 aliphatic heterocycles. The number of phenolic OH excluding ortho intramolecular Hbond substituents is 1. The molecule has 2 rings (SSSR count). The number of benzene rings is 1. The fourth-order valence-corrected chi connectivity index (χ4v) is 1.67. The third kappa shape index (κ3) is 1.43. The highest BCUT2D eigenvalue weighted by atomic mass is 16.3. The van der Waals surface area contributed by atoms with Gasteiger partial charge in [-0.3, -0.25) is 4.98 Å². The van der Waals surface area contributed by atoms with Crippen molar-refractivity contribution in [3.8, 4) is 5.75 Å². The topological polar surface area (TPSA) is 33.1 Å². The van der Waals surface area contributed by atoms with Crippen molar-refractivity contribution < 1.29 is 5.11 Å². The maximum atomic E-state index is 9.52. The number of aromatic nitrogens is 1. The SMILES string of the molecule is CC(C)c1cc(O)cc2ncccc12. The zero-order valence-corrected chi connectivity index (χ0v) is 8.36. The molecule has 14 heavy (non-hydrogen) atoms. The second-order valence-corrected chi connectivity index (χ2v) is 3.76. The van der Waals surface area contributed by atoms with E-state index in [1.54, 1.807) is 12.3 Å².